The molecule has 0 aliphatic heterocycles. The third-order valence-electron chi connectivity index (χ3n) is 1.61. The van der Waals surface area contributed by atoms with Gasteiger partial charge in [-0.3, -0.25) is 4.79 Å². The molecule has 0 heterocycles. The molecule has 13 heavy (non-hydrogen) atoms. The van der Waals surface area contributed by atoms with E-state index in [1.807, 2.05) is 0 Å². The summed E-state index contributed by atoms with van der Waals surface area (Å²) in [5.74, 6) is -2.03. The van der Waals surface area contributed by atoms with Gasteiger partial charge in [0.05, 0.1) is 0 Å². The van der Waals surface area contributed by atoms with Gasteiger partial charge in [-0.05, 0) is 6.42 Å². The minimum absolute atomic E-state index is 0.00110. The van der Waals surface area contributed by atoms with Crippen LogP contribution < -0.4 is 0 Å². The highest BCUT2D eigenvalue weighted by molar-refractivity contribution is 8.13. The Morgan fingerprint density at radius 2 is 2.00 bits per heavy atom. The topological polar surface area (TPSA) is 17.1 Å². The van der Waals surface area contributed by atoms with Crippen LogP contribution in [0.3, 0.4) is 0 Å². The second-order valence-corrected chi connectivity index (χ2v) is 4.32. The van der Waals surface area contributed by atoms with Gasteiger partial charge in [0, 0.05) is 25.5 Å². The third-order valence-corrected chi connectivity index (χ3v) is 2.51. The van der Waals surface area contributed by atoms with Gasteiger partial charge in [0.2, 0.25) is 5.92 Å². The van der Waals surface area contributed by atoms with Crippen molar-refractivity contribution in [3.05, 3.63) is 0 Å². The fourth-order valence-electron chi connectivity index (χ4n) is 1.04. The molecule has 0 amide bonds. The standard InChI is InChI=1S/C9H16F2OS/c1-3-5-9(10,11)6-4-7-13-8(2)12/h3-7H2,1-2H3. The van der Waals surface area contributed by atoms with Crippen molar-refractivity contribution in [3.63, 3.8) is 0 Å². The monoisotopic (exact) mass is 210 g/mol. The molecule has 0 rings (SSSR count). The van der Waals surface area contributed by atoms with E-state index in [4.69, 9.17) is 0 Å². The normalized spacial score (nSPS) is 11.7. The van der Waals surface area contributed by atoms with Crippen molar-refractivity contribution in [1.29, 1.82) is 0 Å². The van der Waals surface area contributed by atoms with Gasteiger partial charge in [0.25, 0.3) is 0 Å². The molecule has 0 aliphatic rings. The van der Waals surface area contributed by atoms with Crippen LogP contribution in [0.4, 0.5) is 8.78 Å². The van der Waals surface area contributed by atoms with Crippen LogP contribution in [0.15, 0.2) is 0 Å². The molecule has 0 atom stereocenters. The third kappa shape index (κ3) is 8.22. The van der Waals surface area contributed by atoms with E-state index in [1.54, 1.807) is 6.92 Å². The largest absolute Gasteiger partial charge is 0.288 e. The fourth-order valence-corrected chi connectivity index (χ4v) is 1.61. The first kappa shape index (κ1) is 12.9. The van der Waals surface area contributed by atoms with Crippen LogP contribution in [0.1, 0.15) is 39.5 Å². The minimum atomic E-state index is -2.54. The molecule has 0 unspecified atom stereocenters. The summed E-state index contributed by atoms with van der Waals surface area (Å²) in [6.45, 7) is 3.20. The highest BCUT2D eigenvalue weighted by atomic mass is 32.2. The van der Waals surface area contributed by atoms with Crippen LogP contribution in [0.25, 0.3) is 0 Å². The molecule has 0 spiro atoms. The zero-order valence-corrected chi connectivity index (χ0v) is 8.92. The Morgan fingerprint density at radius 3 is 2.46 bits per heavy atom. The average molecular weight is 210 g/mol. The number of thioether (sulfide) groups is 1. The highest BCUT2D eigenvalue weighted by Crippen LogP contribution is 2.26. The molecule has 0 fully saturated rings. The minimum Gasteiger partial charge on any atom is -0.288 e. The van der Waals surface area contributed by atoms with E-state index in [0.29, 0.717) is 18.6 Å². The first-order valence-electron chi connectivity index (χ1n) is 4.49. The van der Waals surface area contributed by atoms with Gasteiger partial charge in [-0.15, -0.1) is 0 Å². The zero-order valence-electron chi connectivity index (χ0n) is 8.11. The van der Waals surface area contributed by atoms with Crippen molar-refractivity contribution in [2.24, 2.45) is 0 Å². The molecule has 0 bridgehead atoms. The van der Waals surface area contributed by atoms with E-state index in [1.165, 1.54) is 6.92 Å². The summed E-state index contributed by atoms with van der Waals surface area (Å²) in [4.78, 5) is 10.5. The zero-order chi connectivity index (χ0) is 10.3. The Kier molecular flexibility index (Phi) is 6.29. The van der Waals surface area contributed by atoms with Crippen LogP contribution in [0, 0.1) is 0 Å². The molecule has 0 radical (unpaired) electrons. The quantitative estimate of drug-likeness (QED) is 0.624. The first-order chi connectivity index (χ1) is 5.98. The smallest absolute Gasteiger partial charge is 0.248 e. The molecule has 0 aromatic heterocycles. The lowest BCUT2D eigenvalue weighted by Gasteiger charge is -2.14. The van der Waals surface area contributed by atoms with Crippen LogP contribution >= 0.6 is 11.8 Å². The highest BCUT2D eigenvalue weighted by Gasteiger charge is 2.26. The van der Waals surface area contributed by atoms with E-state index >= 15 is 0 Å². The van der Waals surface area contributed by atoms with Crippen molar-refractivity contribution >= 4 is 16.9 Å². The Morgan fingerprint density at radius 1 is 1.38 bits per heavy atom. The lowest BCUT2D eigenvalue weighted by Crippen LogP contribution is -2.15. The Labute approximate surface area is 82.3 Å². The molecule has 0 N–H and O–H groups in total. The number of carbonyl (C=O) groups is 1. The number of halogens is 2. The van der Waals surface area contributed by atoms with Gasteiger partial charge < -0.3 is 0 Å². The van der Waals surface area contributed by atoms with Crippen LogP contribution in [-0.2, 0) is 4.79 Å². The van der Waals surface area contributed by atoms with Gasteiger partial charge in [-0.2, -0.15) is 0 Å². The maximum absolute atomic E-state index is 12.9. The van der Waals surface area contributed by atoms with Gasteiger partial charge in [0.15, 0.2) is 5.12 Å². The summed E-state index contributed by atoms with van der Waals surface area (Å²) in [6, 6.07) is 0. The maximum atomic E-state index is 12.9. The van der Waals surface area contributed by atoms with Crippen molar-refractivity contribution in [2.45, 2.75) is 45.5 Å². The summed E-state index contributed by atoms with van der Waals surface area (Å²) >= 11 is 1.12. The lowest BCUT2D eigenvalue weighted by atomic mass is 10.1. The van der Waals surface area contributed by atoms with Crippen molar-refractivity contribution in [1.82, 2.24) is 0 Å². The molecule has 0 aliphatic carbocycles. The molecular formula is C9H16F2OS. The molecule has 0 saturated carbocycles. The van der Waals surface area contributed by atoms with E-state index in [2.05, 4.69) is 0 Å². The van der Waals surface area contributed by atoms with Gasteiger partial charge in [-0.25, -0.2) is 8.78 Å². The van der Waals surface area contributed by atoms with Gasteiger partial charge in [-0.1, -0.05) is 25.1 Å². The van der Waals surface area contributed by atoms with Crippen molar-refractivity contribution < 1.29 is 13.6 Å². The fraction of sp³-hybridized carbons (Fsp3) is 0.889. The SMILES string of the molecule is CCCC(F)(F)CCCSC(C)=O. The van der Waals surface area contributed by atoms with Gasteiger partial charge in [0.1, 0.15) is 0 Å². The lowest BCUT2D eigenvalue weighted by molar-refractivity contribution is -0.109. The maximum Gasteiger partial charge on any atom is 0.248 e. The van der Waals surface area contributed by atoms with E-state index in [-0.39, 0.29) is 18.0 Å². The van der Waals surface area contributed by atoms with Crippen molar-refractivity contribution in [2.75, 3.05) is 5.75 Å². The molecule has 1 nitrogen and oxygen atoms in total. The molecule has 0 aromatic carbocycles. The molecule has 0 aromatic rings. The Bertz CT molecular complexity index is 160. The summed E-state index contributed by atoms with van der Waals surface area (Å²) in [5, 5.41) is -0.00110. The molecule has 0 saturated heterocycles. The number of rotatable bonds is 6. The van der Waals surface area contributed by atoms with E-state index < -0.39 is 5.92 Å². The predicted octanol–water partition coefficient (Wildman–Crippen LogP) is 3.48. The Balaban J connectivity index is 3.45. The van der Waals surface area contributed by atoms with E-state index in [0.717, 1.165) is 11.8 Å². The predicted molar refractivity (Wildman–Crippen MR) is 52.2 cm³/mol. The molecular weight excluding hydrogens is 194 g/mol. The summed E-state index contributed by atoms with van der Waals surface area (Å²) in [7, 11) is 0. The van der Waals surface area contributed by atoms with E-state index in [9.17, 15) is 13.6 Å². The second-order valence-electron chi connectivity index (χ2n) is 3.05. The number of hydrogen-bond donors (Lipinski definition) is 0. The molecule has 4 heteroatoms. The summed E-state index contributed by atoms with van der Waals surface area (Å²) in [5.41, 5.74) is 0. The average Bonchev–Trinajstić information content (AvgIpc) is 1.98. The number of hydrogen-bond acceptors (Lipinski definition) is 2. The summed E-state index contributed by atoms with van der Waals surface area (Å²) in [6.07, 6.45) is 0.781. The first-order valence-corrected chi connectivity index (χ1v) is 5.47. The van der Waals surface area contributed by atoms with Crippen molar-refractivity contribution in [3.8, 4) is 0 Å². The molecule has 78 valence electrons. The number of carbonyl (C=O) groups excluding carboxylic acids is 1. The van der Waals surface area contributed by atoms with Gasteiger partial charge >= 0.3 is 0 Å². The second kappa shape index (κ2) is 6.35. The summed E-state index contributed by atoms with van der Waals surface area (Å²) < 4.78 is 25.7. The Hall–Kier alpha value is -0.120. The number of alkyl halides is 2. The van der Waals surface area contributed by atoms with Crippen LogP contribution in [-0.4, -0.2) is 16.8 Å². The van der Waals surface area contributed by atoms with Crippen LogP contribution in [0.5, 0.6) is 0 Å². The van der Waals surface area contributed by atoms with Crippen LogP contribution in [0.2, 0.25) is 0 Å².